The second kappa shape index (κ2) is 6.46. The Hall–Kier alpha value is -1.26. The first kappa shape index (κ1) is 13.7. The van der Waals surface area contributed by atoms with Crippen LogP contribution in [0, 0.1) is 0 Å². The maximum absolute atomic E-state index is 9.15. The number of rotatable bonds is 5. The average Bonchev–Trinajstić information content (AvgIpc) is 3.16. The van der Waals surface area contributed by atoms with Gasteiger partial charge in [-0.1, -0.05) is 25.0 Å². The van der Waals surface area contributed by atoms with Crippen molar-refractivity contribution in [3.05, 3.63) is 47.8 Å². The lowest BCUT2D eigenvalue weighted by molar-refractivity contribution is 0.281. The lowest BCUT2D eigenvalue weighted by Gasteiger charge is -2.08. The van der Waals surface area contributed by atoms with Crippen LogP contribution in [0.4, 0.5) is 0 Å². The topological polar surface area (TPSA) is 38.0 Å². The molecule has 20 heavy (non-hydrogen) atoms. The zero-order chi connectivity index (χ0) is 13.8. The monoisotopic (exact) mass is 288 g/mol. The van der Waals surface area contributed by atoms with Gasteiger partial charge in [-0.2, -0.15) is 5.10 Å². The van der Waals surface area contributed by atoms with E-state index < -0.39 is 0 Å². The summed E-state index contributed by atoms with van der Waals surface area (Å²) < 4.78 is 2.15. The van der Waals surface area contributed by atoms with Crippen molar-refractivity contribution in [2.45, 2.75) is 49.0 Å². The Labute approximate surface area is 124 Å². The van der Waals surface area contributed by atoms with Crippen LogP contribution < -0.4 is 0 Å². The summed E-state index contributed by atoms with van der Waals surface area (Å²) >= 11 is 1.77. The molecule has 4 heteroatoms. The van der Waals surface area contributed by atoms with Crippen LogP contribution in [-0.4, -0.2) is 14.9 Å². The highest BCUT2D eigenvalue weighted by Gasteiger charge is 2.17. The molecule has 0 bridgehead atoms. The predicted octanol–water partition coefficient (Wildman–Crippen LogP) is 3.78. The SMILES string of the molecule is OCc1cccc(SCc2ccn(C3CCCC3)n2)c1. The molecule has 1 aromatic carbocycles. The Morgan fingerprint density at radius 1 is 1.25 bits per heavy atom. The molecule has 1 aliphatic carbocycles. The molecule has 0 atom stereocenters. The van der Waals surface area contributed by atoms with Gasteiger partial charge in [-0.15, -0.1) is 11.8 Å². The molecule has 0 saturated heterocycles. The number of hydrogen-bond acceptors (Lipinski definition) is 3. The molecule has 1 N–H and O–H groups in total. The molecular formula is C16H20N2OS. The summed E-state index contributed by atoms with van der Waals surface area (Å²) in [7, 11) is 0. The maximum atomic E-state index is 9.15. The van der Waals surface area contributed by atoms with E-state index in [1.807, 2.05) is 18.2 Å². The van der Waals surface area contributed by atoms with E-state index in [4.69, 9.17) is 10.2 Å². The second-order valence-corrected chi connectivity index (χ2v) is 6.37. The van der Waals surface area contributed by atoms with Crippen molar-refractivity contribution < 1.29 is 5.11 Å². The molecule has 0 unspecified atom stereocenters. The third-order valence-corrected chi connectivity index (χ3v) is 4.86. The molecular weight excluding hydrogens is 268 g/mol. The van der Waals surface area contributed by atoms with Gasteiger partial charge in [-0.05, 0) is 36.6 Å². The fourth-order valence-corrected chi connectivity index (χ4v) is 3.60. The number of aliphatic hydroxyl groups is 1. The summed E-state index contributed by atoms with van der Waals surface area (Å²) in [5.74, 6) is 0.884. The lowest BCUT2D eigenvalue weighted by Crippen LogP contribution is -2.05. The van der Waals surface area contributed by atoms with Crippen LogP contribution in [0.25, 0.3) is 0 Å². The molecule has 0 radical (unpaired) electrons. The Morgan fingerprint density at radius 3 is 2.90 bits per heavy atom. The van der Waals surface area contributed by atoms with E-state index in [0.29, 0.717) is 6.04 Å². The van der Waals surface area contributed by atoms with E-state index in [2.05, 4.69) is 23.0 Å². The van der Waals surface area contributed by atoms with E-state index in [0.717, 1.165) is 17.0 Å². The Kier molecular flexibility index (Phi) is 4.43. The summed E-state index contributed by atoms with van der Waals surface area (Å²) in [4.78, 5) is 1.19. The van der Waals surface area contributed by atoms with Crippen LogP contribution in [0.2, 0.25) is 0 Å². The first-order valence-electron chi connectivity index (χ1n) is 7.22. The Bertz CT molecular complexity index is 561. The van der Waals surface area contributed by atoms with Crippen molar-refractivity contribution in [2.75, 3.05) is 0 Å². The molecule has 3 rings (SSSR count). The van der Waals surface area contributed by atoms with Gasteiger partial charge < -0.3 is 5.11 Å². The Morgan fingerprint density at radius 2 is 2.10 bits per heavy atom. The van der Waals surface area contributed by atoms with Gasteiger partial charge in [0.2, 0.25) is 0 Å². The third kappa shape index (κ3) is 3.25. The molecule has 106 valence electrons. The van der Waals surface area contributed by atoms with Gasteiger partial charge in [0.25, 0.3) is 0 Å². The van der Waals surface area contributed by atoms with E-state index >= 15 is 0 Å². The number of aliphatic hydroxyl groups excluding tert-OH is 1. The number of benzene rings is 1. The van der Waals surface area contributed by atoms with Gasteiger partial charge in [-0.3, -0.25) is 4.68 Å². The molecule has 2 aromatic rings. The molecule has 3 nitrogen and oxygen atoms in total. The average molecular weight is 288 g/mol. The number of thioether (sulfide) groups is 1. The summed E-state index contributed by atoms with van der Waals surface area (Å²) in [6.07, 6.45) is 7.33. The smallest absolute Gasteiger partial charge is 0.0727 e. The number of hydrogen-bond donors (Lipinski definition) is 1. The van der Waals surface area contributed by atoms with Crippen molar-refractivity contribution in [2.24, 2.45) is 0 Å². The van der Waals surface area contributed by atoms with E-state index in [1.165, 1.54) is 30.6 Å². The number of nitrogens with zero attached hydrogens (tertiary/aromatic N) is 2. The molecule has 0 spiro atoms. The first-order chi connectivity index (χ1) is 9.85. The minimum Gasteiger partial charge on any atom is -0.392 e. The highest BCUT2D eigenvalue weighted by molar-refractivity contribution is 7.98. The zero-order valence-electron chi connectivity index (χ0n) is 11.5. The van der Waals surface area contributed by atoms with Gasteiger partial charge in [-0.25, -0.2) is 0 Å². The van der Waals surface area contributed by atoms with Gasteiger partial charge in [0.1, 0.15) is 0 Å². The van der Waals surface area contributed by atoms with Crippen LogP contribution in [0.15, 0.2) is 41.4 Å². The third-order valence-electron chi connectivity index (χ3n) is 3.83. The van der Waals surface area contributed by atoms with Gasteiger partial charge in [0.15, 0.2) is 0 Å². The highest BCUT2D eigenvalue weighted by atomic mass is 32.2. The fourth-order valence-electron chi connectivity index (χ4n) is 2.72. The van der Waals surface area contributed by atoms with Crippen LogP contribution in [-0.2, 0) is 12.4 Å². The number of aromatic nitrogens is 2. The minimum absolute atomic E-state index is 0.102. The van der Waals surface area contributed by atoms with E-state index in [-0.39, 0.29) is 6.61 Å². The molecule has 1 fully saturated rings. The summed E-state index contributed by atoms with van der Waals surface area (Å²) in [5, 5.41) is 13.8. The minimum atomic E-state index is 0.102. The van der Waals surface area contributed by atoms with Gasteiger partial charge in [0.05, 0.1) is 18.3 Å². The first-order valence-corrected chi connectivity index (χ1v) is 8.20. The predicted molar refractivity (Wildman–Crippen MR) is 81.7 cm³/mol. The summed E-state index contributed by atoms with van der Waals surface area (Å²) in [6.45, 7) is 0.102. The maximum Gasteiger partial charge on any atom is 0.0727 e. The molecule has 0 aliphatic heterocycles. The second-order valence-electron chi connectivity index (χ2n) is 5.32. The van der Waals surface area contributed by atoms with Crippen LogP contribution >= 0.6 is 11.8 Å². The zero-order valence-corrected chi connectivity index (χ0v) is 12.4. The molecule has 1 heterocycles. The van der Waals surface area contributed by atoms with Crippen LogP contribution in [0.5, 0.6) is 0 Å². The van der Waals surface area contributed by atoms with Crippen molar-refractivity contribution in [1.82, 2.24) is 9.78 Å². The molecule has 1 aliphatic rings. The summed E-state index contributed by atoms with van der Waals surface area (Å²) in [5.41, 5.74) is 2.10. The molecule has 0 amide bonds. The normalized spacial score (nSPS) is 15.8. The standard InChI is InChI=1S/C16H20N2OS/c19-11-13-4-3-7-16(10-13)20-12-14-8-9-18(17-14)15-5-1-2-6-15/h3-4,7-10,15,19H,1-2,5-6,11-12H2. The quantitative estimate of drug-likeness (QED) is 0.851. The largest absolute Gasteiger partial charge is 0.392 e. The summed E-state index contributed by atoms with van der Waals surface area (Å²) in [6, 6.07) is 10.8. The lowest BCUT2D eigenvalue weighted by atomic mass is 10.2. The van der Waals surface area contributed by atoms with Crippen molar-refractivity contribution >= 4 is 11.8 Å². The van der Waals surface area contributed by atoms with Gasteiger partial charge in [0, 0.05) is 16.8 Å². The fraction of sp³-hybridized carbons (Fsp3) is 0.438. The Balaban J connectivity index is 1.60. The molecule has 1 aromatic heterocycles. The van der Waals surface area contributed by atoms with Crippen molar-refractivity contribution in [1.29, 1.82) is 0 Å². The van der Waals surface area contributed by atoms with E-state index in [1.54, 1.807) is 11.8 Å². The van der Waals surface area contributed by atoms with E-state index in [9.17, 15) is 0 Å². The highest BCUT2D eigenvalue weighted by Crippen LogP contribution is 2.29. The van der Waals surface area contributed by atoms with Crippen molar-refractivity contribution in [3.63, 3.8) is 0 Å². The van der Waals surface area contributed by atoms with Crippen LogP contribution in [0.3, 0.4) is 0 Å². The van der Waals surface area contributed by atoms with Crippen molar-refractivity contribution in [3.8, 4) is 0 Å². The molecule has 1 saturated carbocycles. The van der Waals surface area contributed by atoms with Crippen LogP contribution in [0.1, 0.15) is 43.0 Å². The van der Waals surface area contributed by atoms with Gasteiger partial charge >= 0.3 is 0 Å².